The summed E-state index contributed by atoms with van der Waals surface area (Å²) in [4.78, 5) is 16.2. The number of nitrogens with one attached hydrogen (secondary N) is 1. The maximum atomic E-state index is 13.4. The van der Waals surface area contributed by atoms with Crippen molar-refractivity contribution in [3.63, 3.8) is 0 Å². The number of hydrogen-bond acceptors (Lipinski definition) is 3. The van der Waals surface area contributed by atoms with E-state index in [0.717, 1.165) is 0 Å². The summed E-state index contributed by atoms with van der Waals surface area (Å²) in [7, 11) is 1.50. The van der Waals surface area contributed by atoms with Gasteiger partial charge in [0.2, 0.25) is 0 Å². The van der Waals surface area contributed by atoms with Gasteiger partial charge in [0.25, 0.3) is 5.91 Å². The van der Waals surface area contributed by atoms with Crippen molar-refractivity contribution >= 4 is 17.5 Å². The van der Waals surface area contributed by atoms with Gasteiger partial charge < -0.3 is 4.74 Å². The molecule has 0 aromatic heterocycles. The fourth-order valence-corrected chi connectivity index (χ4v) is 1.15. The van der Waals surface area contributed by atoms with Crippen molar-refractivity contribution in [1.82, 2.24) is 5.48 Å². The van der Waals surface area contributed by atoms with Gasteiger partial charge in [-0.1, -0.05) is 17.7 Å². The summed E-state index contributed by atoms with van der Waals surface area (Å²) in [6.45, 7) is 0.517. The molecule has 0 aliphatic rings. The number of hydroxylamine groups is 1. The summed E-state index contributed by atoms with van der Waals surface area (Å²) in [5.74, 6) is -1.45. The van der Waals surface area contributed by atoms with Gasteiger partial charge in [-0.25, -0.2) is 9.87 Å². The van der Waals surface area contributed by atoms with Crippen LogP contribution in [0.25, 0.3) is 0 Å². The predicted octanol–water partition coefficient (Wildman–Crippen LogP) is 1.79. The molecule has 0 bridgehead atoms. The van der Waals surface area contributed by atoms with E-state index in [9.17, 15) is 9.18 Å². The van der Waals surface area contributed by atoms with E-state index in [1.54, 1.807) is 0 Å². The van der Waals surface area contributed by atoms with Crippen LogP contribution >= 0.6 is 11.6 Å². The van der Waals surface area contributed by atoms with Crippen molar-refractivity contribution in [2.45, 2.75) is 0 Å². The van der Waals surface area contributed by atoms with Crippen molar-refractivity contribution in [1.29, 1.82) is 0 Å². The minimum Gasteiger partial charge on any atom is -0.382 e. The van der Waals surface area contributed by atoms with E-state index in [4.69, 9.17) is 21.2 Å². The molecule has 1 aromatic carbocycles. The summed E-state index contributed by atoms with van der Waals surface area (Å²) in [6.07, 6.45) is 0. The quantitative estimate of drug-likeness (QED) is 0.637. The average molecular weight is 248 g/mol. The average Bonchev–Trinajstić information content (AvgIpc) is 2.28. The molecule has 1 rings (SSSR count). The lowest BCUT2D eigenvalue weighted by molar-refractivity contribution is 0.00865. The smallest absolute Gasteiger partial charge is 0.277 e. The Morgan fingerprint density at radius 2 is 2.25 bits per heavy atom. The van der Waals surface area contributed by atoms with E-state index in [1.807, 2.05) is 0 Å². The molecule has 1 aromatic rings. The first-order valence-corrected chi connectivity index (χ1v) is 4.89. The van der Waals surface area contributed by atoms with E-state index in [0.29, 0.717) is 6.61 Å². The monoisotopic (exact) mass is 247 g/mol. The van der Waals surface area contributed by atoms with Crippen molar-refractivity contribution in [3.8, 4) is 0 Å². The van der Waals surface area contributed by atoms with Crippen LogP contribution in [-0.2, 0) is 9.57 Å². The number of rotatable bonds is 5. The van der Waals surface area contributed by atoms with Crippen LogP contribution in [0.4, 0.5) is 4.39 Å². The Kier molecular flexibility index (Phi) is 5.18. The summed E-state index contributed by atoms with van der Waals surface area (Å²) in [6, 6.07) is 4.16. The molecule has 0 atom stereocenters. The second-order valence-corrected chi connectivity index (χ2v) is 3.28. The third kappa shape index (κ3) is 3.44. The fraction of sp³-hybridized carbons (Fsp3) is 0.300. The lowest BCUT2D eigenvalue weighted by Crippen LogP contribution is -2.26. The number of carbonyl (C=O) groups excluding carboxylic acids is 1. The third-order valence-corrected chi connectivity index (χ3v) is 2.04. The number of amides is 1. The first-order chi connectivity index (χ1) is 7.66. The molecule has 0 aliphatic carbocycles. The normalized spacial score (nSPS) is 10.2. The maximum absolute atomic E-state index is 13.4. The zero-order valence-corrected chi connectivity index (χ0v) is 9.38. The number of hydrogen-bond donors (Lipinski definition) is 1. The highest BCUT2D eigenvalue weighted by Crippen LogP contribution is 2.17. The molecule has 1 N–H and O–H groups in total. The number of ether oxygens (including phenoxy) is 1. The topological polar surface area (TPSA) is 47.6 Å². The van der Waals surface area contributed by atoms with E-state index in [-0.39, 0.29) is 17.2 Å². The van der Waals surface area contributed by atoms with Crippen LogP contribution in [-0.4, -0.2) is 26.2 Å². The minimum atomic E-state index is -0.767. The number of benzene rings is 1. The largest absolute Gasteiger partial charge is 0.382 e. The Hall–Kier alpha value is -1.17. The Bertz CT molecular complexity index is 373. The first kappa shape index (κ1) is 12.9. The molecule has 0 radical (unpaired) electrons. The summed E-state index contributed by atoms with van der Waals surface area (Å²) >= 11 is 5.53. The lowest BCUT2D eigenvalue weighted by Gasteiger charge is -2.06. The molecule has 1 amide bonds. The second kappa shape index (κ2) is 6.42. The van der Waals surface area contributed by atoms with Crippen molar-refractivity contribution in [2.24, 2.45) is 0 Å². The Morgan fingerprint density at radius 3 is 2.94 bits per heavy atom. The second-order valence-electron chi connectivity index (χ2n) is 2.87. The number of methoxy groups -OCH3 is 1. The number of halogens is 2. The van der Waals surface area contributed by atoms with Crippen LogP contribution in [0.5, 0.6) is 0 Å². The highest BCUT2D eigenvalue weighted by Gasteiger charge is 2.13. The van der Waals surface area contributed by atoms with Crippen LogP contribution in [0.2, 0.25) is 5.02 Å². The van der Waals surface area contributed by atoms with Crippen molar-refractivity contribution in [3.05, 3.63) is 34.6 Å². The van der Waals surface area contributed by atoms with Crippen LogP contribution in [0.1, 0.15) is 10.4 Å². The van der Waals surface area contributed by atoms with Crippen molar-refractivity contribution < 1.29 is 18.8 Å². The third-order valence-electron chi connectivity index (χ3n) is 1.75. The molecule has 88 valence electrons. The van der Waals surface area contributed by atoms with Gasteiger partial charge in [0.15, 0.2) is 5.82 Å². The molecule has 0 spiro atoms. The van der Waals surface area contributed by atoms with Gasteiger partial charge >= 0.3 is 0 Å². The SMILES string of the molecule is COCCONC(=O)c1cccc(Cl)c1F. The zero-order valence-electron chi connectivity index (χ0n) is 8.63. The maximum Gasteiger partial charge on any atom is 0.277 e. The van der Waals surface area contributed by atoms with Crippen LogP contribution < -0.4 is 5.48 Å². The molecule has 0 saturated carbocycles. The Balaban J connectivity index is 2.56. The van der Waals surface area contributed by atoms with E-state index >= 15 is 0 Å². The molecular weight excluding hydrogens is 237 g/mol. The molecule has 0 unspecified atom stereocenters. The molecule has 4 nitrogen and oxygen atoms in total. The first-order valence-electron chi connectivity index (χ1n) is 4.52. The molecule has 6 heteroatoms. The predicted molar refractivity (Wildman–Crippen MR) is 56.7 cm³/mol. The van der Waals surface area contributed by atoms with Crippen LogP contribution in [0.15, 0.2) is 18.2 Å². The Morgan fingerprint density at radius 1 is 1.50 bits per heavy atom. The van der Waals surface area contributed by atoms with E-state index in [1.165, 1.54) is 25.3 Å². The Labute approximate surface area is 97.3 Å². The molecule has 16 heavy (non-hydrogen) atoms. The number of carbonyl (C=O) groups is 1. The van der Waals surface area contributed by atoms with Crippen LogP contribution in [0, 0.1) is 5.82 Å². The van der Waals surface area contributed by atoms with Gasteiger partial charge in [0, 0.05) is 7.11 Å². The summed E-state index contributed by atoms with van der Waals surface area (Å²) in [5, 5.41) is -0.107. The van der Waals surface area contributed by atoms with Gasteiger partial charge in [-0.05, 0) is 12.1 Å². The minimum absolute atomic E-state index is 0.107. The summed E-state index contributed by atoms with van der Waals surface area (Å²) in [5.41, 5.74) is 1.92. The molecule has 0 heterocycles. The lowest BCUT2D eigenvalue weighted by atomic mass is 10.2. The standard InChI is InChI=1S/C10H11ClFNO3/c1-15-5-6-16-13-10(14)7-3-2-4-8(11)9(7)12/h2-4H,5-6H2,1H3,(H,13,14). The molecular formula is C10H11ClFNO3. The van der Waals surface area contributed by atoms with Gasteiger partial charge in [0.05, 0.1) is 23.8 Å². The fourth-order valence-electron chi connectivity index (χ4n) is 0.976. The van der Waals surface area contributed by atoms with Gasteiger partial charge in [-0.2, -0.15) is 0 Å². The van der Waals surface area contributed by atoms with Crippen LogP contribution in [0.3, 0.4) is 0 Å². The molecule has 0 fully saturated rings. The van der Waals surface area contributed by atoms with Gasteiger partial charge in [-0.3, -0.25) is 9.63 Å². The van der Waals surface area contributed by atoms with E-state index < -0.39 is 11.7 Å². The molecule has 0 saturated heterocycles. The van der Waals surface area contributed by atoms with Crippen molar-refractivity contribution in [2.75, 3.05) is 20.3 Å². The van der Waals surface area contributed by atoms with Gasteiger partial charge in [-0.15, -0.1) is 0 Å². The van der Waals surface area contributed by atoms with Gasteiger partial charge in [0.1, 0.15) is 0 Å². The summed E-state index contributed by atoms with van der Waals surface area (Å²) < 4.78 is 18.1. The zero-order chi connectivity index (χ0) is 12.0. The highest BCUT2D eigenvalue weighted by atomic mass is 35.5. The van der Waals surface area contributed by atoms with E-state index in [2.05, 4.69) is 5.48 Å². The highest BCUT2D eigenvalue weighted by molar-refractivity contribution is 6.31. The molecule has 0 aliphatic heterocycles.